The Balaban J connectivity index is 1.55. The molecule has 7 nitrogen and oxygen atoms in total. The highest BCUT2D eigenvalue weighted by Crippen LogP contribution is 2.32. The van der Waals surface area contributed by atoms with E-state index in [1.807, 2.05) is 24.5 Å². The molecule has 10 heteroatoms. The first kappa shape index (κ1) is 24.6. The molecule has 0 aliphatic carbocycles. The summed E-state index contributed by atoms with van der Waals surface area (Å²) in [5, 5.41) is 12.2. The van der Waals surface area contributed by atoms with E-state index in [2.05, 4.69) is 15.3 Å². The predicted molar refractivity (Wildman–Crippen MR) is 126 cm³/mol. The van der Waals surface area contributed by atoms with Crippen LogP contribution in [0.3, 0.4) is 0 Å². The van der Waals surface area contributed by atoms with Crippen molar-refractivity contribution in [2.75, 3.05) is 5.32 Å². The van der Waals surface area contributed by atoms with E-state index in [4.69, 9.17) is 5.26 Å². The summed E-state index contributed by atoms with van der Waals surface area (Å²) in [4.78, 5) is 34.0. The number of nitriles is 1. The molecule has 0 aliphatic heterocycles. The van der Waals surface area contributed by atoms with Gasteiger partial charge in [-0.3, -0.25) is 19.6 Å². The summed E-state index contributed by atoms with van der Waals surface area (Å²) in [6.45, 7) is 3.99. The van der Waals surface area contributed by atoms with Crippen molar-refractivity contribution in [2.45, 2.75) is 32.5 Å². The zero-order valence-electron chi connectivity index (χ0n) is 19.3. The lowest BCUT2D eigenvalue weighted by atomic mass is 10.0. The van der Waals surface area contributed by atoms with Gasteiger partial charge >= 0.3 is 6.18 Å². The minimum Gasteiger partial charge on any atom is -0.344 e. The molecular weight excluding hydrogens is 471 g/mol. The summed E-state index contributed by atoms with van der Waals surface area (Å²) >= 11 is 0. The number of nitrogens with zero attached hydrogens (tertiary/aromatic N) is 4. The Morgan fingerprint density at radius 2 is 1.89 bits per heavy atom. The maximum absolute atomic E-state index is 13.3. The number of hydrogen-bond acceptors (Lipinski definition) is 5. The lowest BCUT2D eigenvalue weighted by Gasteiger charge is -2.11. The van der Waals surface area contributed by atoms with Crippen LogP contribution in [-0.4, -0.2) is 26.2 Å². The highest BCUT2D eigenvalue weighted by atomic mass is 19.4. The summed E-state index contributed by atoms with van der Waals surface area (Å²) in [6, 6.07) is 8.02. The Hall–Kier alpha value is -4.52. The molecule has 0 fully saturated rings. The molecule has 3 aromatic heterocycles. The molecule has 1 N–H and O–H groups in total. The number of alkyl halides is 3. The van der Waals surface area contributed by atoms with Gasteiger partial charge in [-0.05, 0) is 43.7 Å². The smallest absolute Gasteiger partial charge is 0.344 e. The van der Waals surface area contributed by atoms with E-state index in [9.17, 15) is 22.8 Å². The Labute approximate surface area is 204 Å². The van der Waals surface area contributed by atoms with Crippen molar-refractivity contribution >= 4 is 28.3 Å². The highest BCUT2D eigenvalue weighted by Gasteiger charge is 2.34. The normalized spacial score (nSPS) is 11.5. The Kier molecular flexibility index (Phi) is 6.57. The average Bonchev–Trinajstić information content (AvgIpc) is 3.23. The molecule has 1 aromatic carbocycles. The fourth-order valence-corrected chi connectivity index (χ4v) is 3.92. The van der Waals surface area contributed by atoms with E-state index in [-0.39, 0.29) is 35.1 Å². The molecule has 0 bridgehead atoms. The highest BCUT2D eigenvalue weighted by molar-refractivity contribution is 6.16. The summed E-state index contributed by atoms with van der Waals surface area (Å²) in [5.74, 6) is -0.905. The zero-order chi connectivity index (χ0) is 26.0. The molecule has 182 valence electrons. The molecule has 0 saturated carbocycles. The lowest BCUT2D eigenvalue weighted by molar-refractivity contribution is -0.137. The van der Waals surface area contributed by atoms with E-state index in [1.54, 1.807) is 18.6 Å². The summed E-state index contributed by atoms with van der Waals surface area (Å²) in [5.41, 5.74) is 0.234. The van der Waals surface area contributed by atoms with E-state index >= 15 is 0 Å². The van der Waals surface area contributed by atoms with Crippen molar-refractivity contribution in [3.05, 3.63) is 89.1 Å². The molecule has 3 heterocycles. The first-order valence-corrected chi connectivity index (χ1v) is 10.9. The molecule has 36 heavy (non-hydrogen) atoms. The first-order chi connectivity index (χ1) is 17.1. The Morgan fingerprint density at radius 1 is 1.11 bits per heavy atom. The number of aromatic nitrogens is 3. The second-order valence-corrected chi connectivity index (χ2v) is 8.44. The third kappa shape index (κ3) is 4.95. The number of halogens is 3. The molecule has 1 amide bonds. The number of ketones is 1. The van der Waals surface area contributed by atoms with E-state index in [0.717, 1.165) is 17.6 Å². The maximum Gasteiger partial charge on any atom is 0.417 e. The van der Waals surface area contributed by atoms with Gasteiger partial charge in [-0.25, -0.2) is 0 Å². The van der Waals surface area contributed by atoms with Gasteiger partial charge in [0.2, 0.25) is 5.91 Å². The number of anilines is 1. The number of rotatable bonds is 6. The van der Waals surface area contributed by atoms with Gasteiger partial charge in [-0.1, -0.05) is 6.07 Å². The predicted octanol–water partition coefficient (Wildman–Crippen LogP) is 5.31. The van der Waals surface area contributed by atoms with Crippen LogP contribution >= 0.6 is 0 Å². The van der Waals surface area contributed by atoms with Crippen molar-refractivity contribution in [3.63, 3.8) is 0 Å². The summed E-state index contributed by atoms with van der Waals surface area (Å²) in [7, 11) is 0. The lowest BCUT2D eigenvalue weighted by Crippen LogP contribution is -2.16. The zero-order valence-corrected chi connectivity index (χ0v) is 19.3. The van der Waals surface area contributed by atoms with Crippen LogP contribution in [0.2, 0.25) is 0 Å². The maximum atomic E-state index is 13.3. The summed E-state index contributed by atoms with van der Waals surface area (Å²) < 4.78 is 41.6. The molecule has 0 radical (unpaired) electrons. The van der Waals surface area contributed by atoms with Gasteiger partial charge < -0.3 is 9.88 Å². The van der Waals surface area contributed by atoms with Gasteiger partial charge in [0.1, 0.15) is 0 Å². The quantitative estimate of drug-likeness (QED) is 0.368. The van der Waals surface area contributed by atoms with Gasteiger partial charge in [-0.15, -0.1) is 0 Å². The van der Waals surface area contributed by atoms with Crippen molar-refractivity contribution in [2.24, 2.45) is 0 Å². The van der Waals surface area contributed by atoms with Crippen molar-refractivity contribution in [3.8, 4) is 6.07 Å². The number of benzene rings is 1. The monoisotopic (exact) mass is 491 g/mol. The van der Waals surface area contributed by atoms with Gasteiger partial charge in [0.15, 0.2) is 5.78 Å². The third-order valence-electron chi connectivity index (χ3n) is 5.59. The van der Waals surface area contributed by atoms with E-state index < -0.39 is 23.2 Å². The fourth-order valence-electron chi connectivity index (χ4n) is 3.92. The fraction of sp³-hybridized carbons (Fsp3) is 0.192. The molecule has 0 unspecified atom stereocenters. The van der Waals surface area contributed by atoms with Gasteiger partial charge in [0.25, 0.3) is 0 Å². The standard InChI is InChI=1S/C26H20F3N5O2/c1-15(2)34-14-21(20-13-31-6-5-23(20)34)25(36)18-9-19(12-32-11-18)33-24(35)8-16-3-4-17(10-30)22(7-16)26(27,28)29/h3-7,9,11-15H,8H2,1-2H3,(H,33,35). The van der Waals surface area contributed by atoms with E-state index in [0.29, 0.717) is 10.9 Å². The Bertz CT molecular complexity index is 1520. The number of nitrogens with one attached hydrogen (secondary N) is 1. The van der Waals surface area contributed by atoms with Gasteiger partial charge in [0, 0.05) is 47.3 Å². The number of fused-ring (bicyclic) bond motifs is 1. The van der Waals surface area contributed by atoms with Crippen LogP contribution in [0.15, 0.2) is 61.3 Å². The molecule has 4 rings (SSSR count). The number of carbonyl (C=O) groups excluding carboxylic acids is 2. The van der Waals surface area contributed by atoms with Crippen LogP contribution < -0.4 is 5.32 Å². The van der Waals surface area contributed by atoms with Crippen molar-refractivity contribution in [1.82, 2.24) is 14.5 Å². The molecule has 0 aliphatic rings. The molecule has 4 aromatic rings. The van der Waals surface area contributed by atoms with Crippen LogP contribution in [0.5, 0.6) is 0 Å². The SMILES string of the molecule is CC(C)n1cc(C(=O)c2cncc(NC(=O)Cc3ccc(C#N)c(C(F)(F)F)c3)c2)c2cnccc21. The topological polar surface area (TPSA) is 101 Å². The third-order valence-corrected chi connectivity index (χ3v) is 5.59. The van der Waals surface area contributed by atoms with E-state index in [1.165, 1.54) is 30.6 Å². The van der Waals surface area contributed by atoms with Crippen molar-refractivity contribution in [1.29, 1.82) is 5.26 Å². The van der Waals surface area contributed by atoms with Crippen LogP contribution in [0.1, 0.15) is 52.5 Å². The molecular formula is C26H20F3N5O2. The van der Waals surface area contributed by atoms with Crippen LogP contribution in [0, 0.1) is 11.3 Å². The minimum atomic E-state index is -4.72. The number of carbonyl (C=O) groups is 2. The Morgan fingerprint density at radius 3 is 2.58 bits per heavy atom. The van der Waals surface area contributed by atoms with Crippen molar-refractivity contribution < 1.29 is 22.8 Å². The molecule has 0 spiro atoms. The second kappa shape index (κ2) is 9.62. The largest absolute Gasteiger partial charge is 0.417 e. The second-order valence-electron chi connectivity index (χ2n) is 8.44. The van der Waals surface area contributed by atoms with Crippen LogP contribution in [0.25, 0.3) is 10.9 Å². The average molecular weight is 491 g/mol. The number of pyridine rings is 2. The van der Waals surface area contributed by atoms with Gasteiger partial charge in [0.05, 0.1) is 41.0 Å². The first-order valence-electron chi connectivity index (χ1n) is 10.9. The number of amides is 1. The summed E-state index contributed by atoms with van der Waals surface area (Å²) in [6.07, 6.45) is 2.67. The van der Waals surface area contributed by atoms with Gasteiger partial charge in [-0.2, -0.15) is 18.4 Å². The molecule has 0 atom stereocenters. The minimum absolute atomic E-state index is 0.0908. The van der Waals surface area contributed by atoms with Crippen LogP contribution in [-0.2, 0) is 17.4 Å². The molecule has 0 saturated heterocycles. The van der Waals surface area contributed by atoms with Crippen LogP contribution in [0.4, 0.5) is 18.9 Å². The number of hydrogen-bond donors (Lipinski definition) is 1.